The Labute approximate surface area is 173 Å². The molecule has 0 bridgehead atoms. The zero-order chi connectivity index (χ0) is 20.4. The maximum atomic E-state index is 13.2. The number of thiophene rings is 1. The van der Waals surface area contributed by atoms with E-state index in [4.69, 9.17) is 10.7 Å². The summed E-state index contributed by atoms with van der Waals surface area (Å²) in [6, 6.07) is 14.0. The third-order valence-corrected chi connectivity index (χ3v) is 6.35. The number of amides is 1. The Bertz CT molecular complexity index is 1010. The highest BCUT2D eigenvalue weighted by Gasteiger charge is 2.21. The molecule has 3 heterocycles. The van der Waals surface area contributed by atoms with Crippen LogP contribution in [0.3, 0.4) is 0 Å². The average Bonchev–Trinajstić information content (AvgIpc) is 3.38. The molecule has 1 aliphatic heterocycles. The molecule has 29 heavy (non-hydrogen) atoms. The zero-order valence-corrected chi connectivity index (χ0v) is 17.0. The lowest BCUT2D eigenvalue weighted by Gasteiger charge is -2.23. The summed E-state index contributed by atoms with van der Waals surface area (Å²) in [4.78, 5) is 20.0. The lowest BCUT2D eigenvalue weighted by molar-refractivity contribution is 0.100. The molecule has 1 fully saturated rings. The number of nitrogens with two attached hydrogens (primary N) is 1. The number of carbonyl (C=O) groups is 1. The fraction of sp³-hybridized carbons (Fsp3) is 0.273. The number of hydrogen-bond donors (Lipinski definition) is 2. The third-order valence-electron chi connectivity index (χ3n) is 5.25. The number of halogens is 1. The highest BCUT2D eigenvalue weighted by atomic mass is 32.1. The average molecular weight is 411 g/mol. The molecule has 0 radical (unpaired) electrons. The Hall–Kier alpha value is -2.77. The minimum Gasteiger partial charge on any atom is -0.366 e. The topological polar surface area (TPSA) is 71.2 Å². The van der Waals surface area contributed by atoms with Crippen LogP contribution in [0.4, 0.5) is 15.2 Å². The highest BCUT2D eigenvalue weighted by molar-refractivity contribution is 7.19. The molecule has 3 N–H and O–H groups in total. The molecule has 1 unspecified atom stereocenters. The summed E-state index contributed by atoms with van der Waals surface area (Å²) in [6.07, 6.45) is 2.46. The van der Waals surface area contributed by atoms with Crippen LogP contribution in [0, 0.1) is 5.82 Å². The Morgan fingerprint density at radius 2 is 1.93 bits per heavy atom. The monoisotopic (exact) mass is 410 g/mol. The first-order valence-electron chi connectivity index (χ1n) is 9.69. The van der Waals surface area contributed by atoms with Crippen LogP contribution in [0.2, 0.25) is 0 Å². The van der Waals surface area contributed by atoms with Crippen LogP contribution in [0.5, 0.6) is 0 Å². The van der Waals surface area contributed by atoms with Gasteiger partial charge in [-0.25, -0.2) is 9.37 Å². The SMILES string of the molecule is CC(c1cccc(Nc2sc(-c3ccc(F)cc3)cc2C(N)=O)n1)N1CCCC1. The maximum absolute atomic E-state index is 13.2. The van der Waals surface area contributed by atoms with Crippen LogP contribution in [-0.2, 0) is 0 Å². The molecule has 1 amide bonds. The van der Waals surface area contributed by atoms with Gasteiger partial charge in [0.1, 0.15) is 16.6 Å². The van der Waals surface area contributed by atoms with Gasteiger partial charge >= 0.3 is 0 Å². The second kappa shape index (κ2) is 8.31. The van der Waals surface area contributed by atoms with E-state index in [2.05, 4.69) is 17.1 Å². The van der Waals surface area contributed by atoms with Gasteiger partial charge in [0.25, 0.3) is 5.91 Å². The fourth-order valence-corrected chi connectivity index (χ4v) is 4.69. The Morgan fingerprint density at radius 1 is 1.21 bits per heavy atom. The number of aromatic nitrogens is 1. The molecule has 5 nitrogen and oxygen atoms in total. The molecule has 2 aromatic heterocycles. The van der Waals surface area contributed by atoms with Crippen molar-refractivity contribution < 1.29 is 9.18 Å². The zero-order valence-electron chi connectivity index (χ0n) is 16.2. The van der Waals surface area contributed by atoms with E-state index in [0.29, 0.717) is 16.4 Å². The summed E-state index contributed by atoms with van der Waals surface area (Å²) in [5.74, 6) is -0.144. The van der Waals surface area contributed by atoms with E-state index in [1.165, 1.54) is 36.3 Å². The van der Waals surface area contributed by atoms with E-state index >= 15 is 0 Å². The number of benzene rings is 1. The maximum Gasteiger partial charge on any atom is 0.251 e. The molecule has 0 saturated carbocycles. The van der Waals surface area contributed by atoms with Crippen LogP contribution in [0.1, 0.15) is 41.9 Å². The molecule has 7 heteroatoms. The minimum atomic E-state index is -0.515. The number of pyridine rings is 1. The smallest absolute Gasteiger partial charge is 0.251 e. The molecule has 1 aromatic carbocycles. The quantitative estimate of drug-likeness (QED) is 0.603. The fourth-order valence-electron chi connectivity index (χ4n) is 3.61. The largest absolute Gasteiger partial charge is 0.366 e. The standard InChI is InChI=1S/C22H23FN4OS/c1-14(27-11-2-3-12-27)18-5-4-6-20(25-18)26-22-17(21(24)28)13-19(29-22)15-7-9-16(23)10-8-15/h4-10,13-14H,2-3,11-12H2,1H3,(H2,24,28)(H,25,26). The first-order valence-corrected chi connectivity index (χ1v) is 10.5. The van der Waals surface area contributed by atoms with Crippen molar-refractivity contribution in [3.05, 3.63) is 65.6 Å². The first-order chi connectivity index (χ1) is 14.0. The van der Waals surface area contributed by atoms with Crippen molar-refractivity contribution in [2.75, 3.05) is 18.4 Å². The summed E-state index contributed by atoms with van der Waals surface area (Å²) < 4.78 is 13.2. The Balaban J connectivity index is 1.61. The molecule has 150 valence electrons. The molecular formula is C22H23FN4OS. The van der Waals surface area contributed by atoms with Crippen molar-refractivity contribution >= 4 is 28.1 Å². The van der Waals surface area contributed by atoms with Gasteiger partial charge in [0.15, 0.2) is 0 Å². The molecule has 1 saturated heterocycles. The summed E-state index contributed by atoms with van der Waals surface area (Å²) >= 11 is 1.40. The second-order valence-corrected chi connectivity index (χ2v) is 8.27. The van der Waals surface area contributed by atoms with E-state index in [-0.39, 0.29) is 11.9 Å². The van der Waals surface area contributed by atoms with Crippen molar-refractivity contribution in [1.29, 1.82) is 0 Å². The van der Waals surface area contributed by atoms with Gasteiger partial charge in [-0.05, 0) is 68.8 Å². The van der Waals surface area contributed by atoms with Crippen molar-refractivity contribution in [2.45, 2.75) is 25.8 Å². The number of primary amides is 1. The van der Waals surface area contributed by atoms with E-state index in [1.807, 2.05) is 18.2 Å². The van der Waals surface area contributed by atoms with Crippen molar-refractivity contribution in [3.63, 3.8) is 0 Å². The molecule has 0 spiro atoms. The molecule has 1 atom stereocenters. The molecule has 4 rings (SSSR count). The summed E-state index contributed by atoms with van der Waals surface area (Å²) in [5, 5.41) is 3.89. The van der Waals surface area contributed by atoms with Crippen LogP contribution in [-0.4, -0.2) is 28.9 Å². The number of carbonyl (C=O) groups excluding carboxylic acids is 1. The lowest BCUT2D eigenvalue weighted by Crippen LogP contribution is -2.24. The van der Waals surface area contributed by atoms with E-state index in [9.17, 15) is 9.18 Å². The van der Waals surface area contributed by atoms with Gasteiger partial charge in [0.05, 0.1) is 11.3 Å². The van der Waals surface area contributed by atoms with Crippen LogP contribution in [0.25, 0.3) is 10.4 Å². The third kappa shape index (κ3) is 4.31. The van der Waals surface area contributed by atoms with Crippen molar-refractivity contribution in [3.8, 4) is 10.4 Å². The summed E-state index contributed by atoms with van der Waals surface area (Å²) in [5.41, 5.74) is 7.81. The first kappa shape index (κ1) is 19.5. The number of rotatable bonds is 6. The number of hydrogen-bond acceptors (Lipinski definition) is 5. The number of likely N-dealkylation sites (tertiary alicyclic amines) is 1. The van der Waals surface area contributed by atoms with E-state index < -0.39 is 5.91 Å². The van der Waals surface area contributed by atoms with E-state index in [0.717, 1.165) is 29.2 Å². The van der Waals surface area contributed by atoms with Crippen molar-refractivity contribution in [2.24, 2.45) is 5.73 Å². The lowest BCUT2D eigenvalue weighted by atomic mass is 10.1. The van der Waals surface area contributed by atoms with Crippen LogP contribution >= 0.6 is 11.3 Å². The van der Waals surface area contributed by atoms with Crippen LogP contribution < -0.4 is 11.1 Å². The minimum absolute atomic E-state index is 0.243. The molecule has 1 aliphatic rings. The number of anilines is 2. The van der Waals surface area contributed by atoms with Gasteiger partial charge in [0, 0.05) is 10.9 Å². The summed E-state index contributed by atoms with van der Waals surface area (Å²) in [6.45, 7) is 4.36. The number of nitrogens with one attached hydrogen (secondary N) is 1. The Morgan fingerprint density at radius 3 is 2.62 bits per heavy atom. The number of nitrogens with zero attached hydrogens (tertiary/aromatic N) is 2. The second-order valence-electron chi connectivity index (χ2n) is 7.22. The van der Waals surface area contributed by atoms with Gasteiger partial charge in [-0.15, -0.1) is 11.3 Å². The van der Waals surface area contributed by atoms with E-state index in [1.54, 1.807) is 18.2 Å². The predicted molar refractivity (Wildman–Crippen MR) is 115 cm³/mol. The molecule has 3 aromatic rings. The normalized spacial score (nSPS) is 15.4. The van der Waals surface area contributed by atoms with Gasteiger partial charge in [-0.2, -0.15) is 0 Å². The summed E-state index contributed by atoms with van der Waals surface area (Å²) in [7, 11) is 0. The van der Waals surface area contributed by atoms with Crippen LogP contribution in [0.15, 0.2) is 48.5 Å². The molecule has 0 aliphatic carbocycles. The van der Waals surface area contributed by atoms with Gasteiger partial charge in [-0.1, -0.05) is 18.2 Å². The van der Waals surface area contributed by atoms with Gasteiger partial charge in [-0.3, -0.25) is 9.69 Å². The predicted octanol–water partition coefficient (Wildman–Crippen LogP) is 4.95. The molecular weight excluding hydrogens is 387 g/mol. The van der Waals surface area contributed by atoms with Gasteiger partial charge in [0.2, 0.25) is 0 Å². The van der Waals surface area contributed by atoms with Gasteiger partial charge < -0.3 is 11.1 Å². The van der Waals surface area contributed by atoms with Crippen molar-refractivity contribution in [1.82, 2.24) is 9.88 Å². The highest BCUT2D eigenvalue weighted by Crippen LogP contribution is 2.37. The Kier molecular flexibility index (Phi) is 5.60.